The Morgan fingerprint density at radius 2 is 2.30 bits per heavy atom. The van der Waals surface area contributed by atoms with E-state index < -0.39 is 0 Å². The lowest BCUT2D eigenvalue weighted by molar-refractivity contribution is 0.114. The molecule has 0 saturated carbocycles. The van der Waals surface area contributed by atoms with E-state index in [4.69, 9.17) is 17.0 Å². The van der Waals surface area contributed by atoms with Crippen LogP contribution in [0.3, 0.4) is 0 Å². The van der Waals surface area contributed by atoms with Crippen LogP contribution in [-0.2, 0) is 4.74 Å². The topological polar surface area (TPSA) is 59.1 Å². The smallest absolute Gasteiger partial charge is 0.170 e. The molecule has 2 heterocycles. The largest absolute Gasteiger partial charge is 0.376 e. The van der Waals surface area contributed by atoms with Crippen molar-refractivity contribution in [1.29, 1.82) is 0 Å². The van der Waals surface area contributed by atoms with Crippen LogP contribution in [0.5, 0.6) is 0 Å². The second kappa shape index (κ2) is 7.48. The number of aryl methyl sites for hydroxylation is 1. The molecule has 1 aromatic heterocycles. The van der Waals surface area contributed by atoms with E-state index >= 15 is 0 Å². The van der Waals surface area contributed by atoms with Crippen molar-refractivity contribution in [1.82, 2.24) is 15.3 Å². The maximum Gasteiger partial charge on any atom is 0.170 e. The summed E-state index contributed by atoms with van der Waals surface area (Å²) in [5.41, 5.74) is 2.87. The third-order valence-electron chi connectivity index (χ3n) is 3.71. The highest BCUT2D eigenvalue weighted by Gasteiger charge is 2.15. The molecule has 3 rings (SSSR count). The van der Waals surface area contributed by atoms with Crippen molar-refractivity contribution in [2.75, 3.05) is 18.5 Å². The van der Waals surface area contributed by atoms with E-state index in [1.54, 1.807) is 6.20 Å². The fraction of sp³-hybridized carbons (Fsp3) is 0.353. The van der Waals surface area contributed by atoms with Crippen molar-refractivity contribution < 1.29 is 4.74 Å². The zero-order valence-corrected chi connectivity index (χ0v) is 13.9. The number of thiocarbonyl (C=S) groups is 1. The fourth-order valence-corrected chi connectivity index (χ4v) is 2.76. The molecule has 0 unspecified atom stereocenters. The third-order valence-corrected chi connectivity index (χ3v) is 3.95. The highest BCUT2D eigenvalue weighted by Crippen LogP contribution is 2.20. The first-order valence-corrected chi connectivity index (χ1v) is 8.18. The number of benzene rings is 1. The maximum absolute atomic E-state index is 5.58. The highest BCUT2D eigenvalue weighted by atomic mass is 32.1. The Morgan fingerprint density at radius 3 is 3.09 bits per heavy atom. The minimum absolute atomic E-state index is 0.269. The van der Waals surface area contributed by atoms with Crippen LogP contribution >= 0.6 is 12.2 Å². The SMILES string of the molecule is Cc1nccc(-c2cccc(NC(=S)NC[C@H]3CCCO3)c2)n1. The normalized spacial score (nSPS) is 17.0. The van der Waals surface area contributed by atoms with Crippen molar-refractivity contribution in [3.63, 3.8) is 0 Å². The number of anilines is 1. The minimum atomic E-state index is 0.269. The molecule has 1 saturated heterocycles. The minimum Gasteiger partial charge on any atom is -0.376 e. The van der Waals surface area contributed by atoms with Gasteiger partial charge in [-0.3, -0.25) is 0 Å². The molecule has 0 aliphatic carbocycles. The van der Waals surface area contributed by atoms with Crippen molar-refractivity contribution in [3.8, 4) is 11.3 Å². The monoisotopic (exact) mass is 328 g/mol. The molecular formula is C17H20N4OS. The molecule has 1 aromatic carbocycles. The molecule has 0 spiro atoms. The summed E-state index contributed by atoms with van der Waals surface area (Å²) < 4.78 is 5.58. The summed E-state index contributed by atoms with van der Waals surface area (Å²) in [7, 11) is 0. The lowest BCUT2D eigenvalue weighted by Crippen LogP contribution is -2.34. The zero-order valence-electron chi connectivity index (χ0n) is 13.1. The Morgan fingerprint density at radius 1 is 1.39 bits per heavy atom. The van der Waals surface area contributed by atoms with E-state index in [9.17, 15) is 0 Å². The van der Waals surface area contributed by atoms with Crippen LogP contribution < -0.4 is 10.6 Å². The van der Waals surface area contributed by atoms with E-state index in [0.717, 1.165) is 48.8 Å². The Hall–Kier alpha value is -2.05. The first-order valence-electron chi connectivity index (χ1n) is 7.77. The van der Waals surface area contributed by atoms with Gasteiger partial charge in [0, 0.05) is 30.6 Å². The van der Waals surface area contributed by atoms with Crippen LogP contribution in [0.4, 0.5) is 5.69 Å². The van der Waals surface area contributed by atoms with E-state index in [1.165, 1.54) is 0 Å². The number of nitrogens with zero attached hydrogens (tertiary/aromatic N) is 2. The van der Waals surface area contributed by atoms with Gasteiger partial charge in [0.25, 0.3) is 0 Å². The van der Waals surface area contributed by atoms with Gasteiger partial charge in [-0.1, -0.05) is 12.1 Å². The summed E-state index contributed by atoms with van der Waals surface area (Å²) in [6.07, 6.45) is 4.27. The quantitative estimate of drug-likeness (QED) is 0.842. The molecule has 1 fully saturated rings. The Balaban J connectivity index is 1.61. The molecule has 2 N–H and O–H groups in total. The molecule has 1 atom stereocenters. The average molecular weight is 328 g/mol. The van der Waals surface area contributed by atoms with Crippen LogP contribution in [0, 0.1) is 6.92 Å². The third kappa shape index (κ3) is 4.46. The highest BCUT2D eigenvalue weighted by molar-refractivity contribution is 7.80. The van der Waals surface area contributed by atoms with Gasteiger partial charge in [0.1, 0.15) is 5.82 Å². The summed E-state index contributed by atoms with van der Waals surface area (Å²) in [5.74, 6) is 0.759. The van der Waals surface area contributed by atoms with Gasteiger partial charge in [0.05, 0.1) is 11.8 Å². The maximum atomic E-state index is 5.58. The molecule has 6 heteroatoms. The van der Waals surface area contributed by atoms with Crippen LogP contribution in [0.2, 0.25) is 0 Å². The molecule has 0 amide bonds. The first kappa shape index (κ1) is 15.8. The Kier molecular flexibility index (Phi) is 5.15. The standard InChI is InChI=1S/C17H20N4OS/c1-12-18-8-7-16(20-12)13-4-2-5-14(10-13)21-17(23)19-11-15-6-3-9-22-15/h2,4-5,7-8,10,15H,3,6,9,11H2,1H3,(H2,19,21,23)/t15-/m1/s1. The predicted molar refractivity (Wildman–Crippen MR) is 95.4 cm³/mol. The molecule has 23 heavy (non-hydrogen) atoms. The predicted octanol–water partition coefficient (Wildman–Crippen LogP) is 2.92. The number of ether oxygens (including phenoxy) is 1. The molecule has 1 aliphatic heterocycles. The van der Waals surface area contributed by atoms with E-state index in [0.29, 0.717) is 5.11 Å². The van der Waals surface area contributed by atoms with Gasteiger partial charge in [0.2, 0.25) is 0 Å². The lowest BCUT2D eigenvalue weighted by Gasteiger charge is -2.14. The number of rotatable bonds is 4. The van der Waals surface area contributed by atoms with E-state index in [1.807, 2.05) is 37.3 Å². The van der Waals surface area contributed by atoms with Crippen molar-refractivity contribution in [2.45, 2.75) is 25.9 Å². The Labute approximate surface area is 141 Å². The first-order chi connectivity index (χ1) is 11.2. The van der Waals surface area contributed by atoms with Gasteiger partial charge in [-0.05, 0) is 50.2 Å². The molecule has 2 aromatic rings. The van der Waals surface area contributed by atoms with Gasteiger partial charge in [0.15, 0.2) is 5.11 Å². The fourth-order valence-electron chi connectivity index (χ4n) is 2.56. The summed E-state index contributed by atoms with van der Waals surface area (Å²) in [5, 5.41) is 7.03. The second-order valence-electron chi connectivity index (χ2n) is 5.54. The van der Waals surface area contributed by atoms with E-state index in [2.05, 4.69) is 20.6 Å². The molecular weight excluding hydrogens is 308 g/mol. The van der Waals surface area contributed by atoms with Gasteiger partial charge in [-0.2, -0.15) is 0 Å². The molecule has 120 valence electrons. The molecule has 0 bridgehead atoms. The van der Waals surface area contributed by atoms with E-state index in [-0.39, 0.29) is 6.10 Å². The number of hydrogen-bond donors (Lipinski definition) is 2. The Bertz CT molecular complexity index is 686. The summed E-state index contributed by atoms with van der Waals surface area (Å²) in [4.78, 5) is 8.58. The molecule has 5 nitrogen and oxygen atoms in total. The zero-order chi connectivity index (χ0) is 16.1. The van der Waals surface area contributed by atoms with Crippen LogP contribution in [0.15, 0.2) is 36.5 Å². The van der Waals surface area contributed by atoms with Crippen LogP contribution in [-0.4, -0.2) is 34.3 Å². The number of aromatic nitrogens is 2. The van der Waals surface area contributed by atoms with Crippen molar-refractivity contribution >= 4 is 23.0 Å². The number of nitrogens with one attached hydrogen (secondary N) is 2. The van der Waals surface area contributed by atoms with Gasteiger partial charge in [-0.25, -0.2) is 9.97 Å². The van der Waals surface area contributed by atoms with Gasteiger partial charge in [-0.15, -0.1) is 0 Å². The van der Waals surface area contributed by atoms with Crippen molar-refractivity contribution in [2.24, 2.45) is 0 Å². The van der Waals surface area contributed by atoms with Crippen molar-refractivity contribution in [3.05, 3.63) is 42.4 Å². The van der Waals surface area contributed by atoms with Crippen LogP contribution in [0.1, 0.15) is 18.7 Å². The van der Waals surface area contributed by atoms with Gasteiger partial charge < -0.3 is 15.4 Å². The summed E-state index contributed by atoms with van der Waals surface area (Å²) >= 11 is 5.35. The average Bonchev–Trinajstić information content (AvgIpc) is 3.07. The lowest BCUT2D eigenvalue weighted by atomic mass is 10.1. The summed E-state index contributed by atoms with van der Waals surface area (Å²) in [6.45, 7) is 3.49. The number of hydrogen-bond acceptors (Lipinski definition) is 4. The molecule has 0 radical (unpaired) electrons. The van der Waals surface area contributed by atoms with Crippen LogP contribution in [0.25, 0.3) is 11.3 Å². The van der Waals surface area contributed by atoms with Gasteiger partial charge >= 0.3 is 0 Å². The summed E-state index contributed by atoms with van der Waals surface area (Å²) in [6, 6.07) is 9.92. The second-order valence-corrected chi connectivity index (χ2v) is 5.95. The molecule has 1 aliphatic rings.